The number of phenols is 1. The van der Waals surface area contributed by atoms with Crippen molar-refractivity contribution in [3.63, 3.8) is 0 Å². The molecule has 1 fully saturated rings. The highest BCUT2D eigenvalue weighted by atomic mass is 16.3. The van der Waals surface area contributed by atoms with E-state index >= 15 is 0 Å². The van der Waals surface area contributed by atoms with Crippen molar-refractivity contribution >= 4 is 23.2 Å². The molecule has 3 aliphatic carbocycles. The van der Waals surface area contributed by atoms with Crippen molar-refractivity contribution < 1.29 is 34.8 Å². The van der Waals surface area contributed by atoms with Crippen LogP contribution in [0.25, 0.3) is 11.1 Å². The number of hydrogen-bond acceptors (Lipinski definition) is 10. The monoisotopic (exact) mass is 616 g/mol. The minimum absolute atomic E-state index is 0.00174. The van der Waals surface area contributed by atoms with Gasteiger partial charge in [0, 0.05) is 43.4 Å². The predicted octanol–water partition coefficient (Wildman–Crippen LogP) is 2.45. The molecule has 0 radical (unpaired) electrons. The molecule has 6 N–H and O–H groups in total. The van der Waals surface area contributed by atoms with Crippen LogP contribution in [0.3, 0.4) is 0 Å². The number of aliphatic hydroxyl groups is 3. The van der Waals surface area contributed by atoms with Gasteiger partial charge in [0.15, 0.2) is 11.4 Å². The minimum Gasteiger partial charge on any atom is -0.510 e. The highest BCUT2D eigenvalue weighted by Gasteiger charge is 2.63. The molecule has 0 bridgehead atoms. The number of allylic oxidation sites excluding steroid dienone is 1. The average Bonchev–Trinajstić information content (AvgIpc) is 3.48. The summed E-state index contributed by atoms with van der Waals surface area (Å²) >= 11 is 0. The number of amides is 1. The molecule has 1 saturated heterocycles. The molecule has 0 aromatic heterocycles. The summed E-state index contributed by atoms with van der Waals surface area (Å²) in [7, 11) is 6.91. The van der Waals surface area contributed by atoms with Crippen molar-refractivity contribution in [3.05, 3.63) is 69.7 Å². The van der Waals surface area contributed by atoms with Crippen LogP contribution in [0.2, 0.25) is 0 Å². The summed E-state index contributed by atoms with van der Waals surface area (Å²) in [6, 6.07) is 8.68. The number of aliphatic hydroxyl groups excluding tert-OH is 2. The van der Waals surface area contributed by atoms with E-state index in [4.69, 9.17) is 5.73 Å². The molecule has 6 rings (SSSR count). The Morgan fingerprint density at radius 2 is 1.69 bits per heavy atom. The minimum atomic E-state index is -2.67. The number of aromatic hydroxyl groups is 1. The van der Waals surface area contributed by atoms with Crippen LogP contribution in [0.15, 0.2) is 53.0 Å². The fraction of sp³-hybridized carbons (Fsp3) is 0.441. The highest BCUT2D eigenvalue weighted by molar-refractivity contribution is 6.25. The van der Waals surface area contributed by atoms with Crippen LogP contribution in [0.5, 0.6) is 5.75 Å². The molecule has 0 spiro atoms. The van der Waals surface area contributed by atoms with Crippen LogP contribution in [-0.2, 0) is 22.6 Å². The van der Waals surface area contributed by atoms with Gasteiger partial charge in [-0.2, -0.15) is 0 Å². The summed E-state index contributed by atoms with van der Waals surface area (Å²) in [6.45, 7) is 2.99. The zero-order valence-corrected chi connectivity index (χ0v) is 26.0. The van der Waals surface area contributed by atoms with Crippen molar-refractivity contribution in [1.82, 2.24) is 9.80 Å². The summed E-state index contributed by atoms with van der Waals surface area (Å²) in [5.74, 6) is -6.62. The van der Waals surface area contributed by atoms with Gasteiger partial charge in [0.25, 0.3) is 5.91 Å². The summed E-state index contributed by atoms with van der Waals surface area (Å²) in [5.41, 5.74) is 5.36. The maximum Gasteiger partial charge on any atom is 0.255 e. The van der Waals surface area contributed by atoms with Gasteiger partial charge in [-0.15, -0.1) is 0 Å². The number of Topliss-reactive ketones (excluding diaryl/α,β-unsaturated/α-hetero) is 2. The topological polar surface area (TPSA) is 168 Å². The Bertz CT molecular complexity index is 1670. The maximum absolute atomic E-state index is 14.3. The van der Waals surface area contributed by atoms with E-state index in [1.165, 1.54) is 17.7 Å². The Morgan fingerprint density at radius 3 is 2.27 bits per heavy atom. The van der Waals surface area contributed by atoms with E-state index < -0.39 is 58.0 Å². The van der Waals surface area contributed by atoms with Gasteiger partial charge in [-0.25, -0.2) is 0 Å². The summed E-state index contributed by atoms with van der Waals surface area (Å²) in [5, 5.41) is 46.2. The number of likely N-dealkylation sites (N-methyl/N-ethyl adjacent to an activating group) is 1. The van der Waals surface area contributed by atoms with E-state index in [1.807, 2.05) is 49.3 Å². The van der Waals surface area contributed by atoms with E-state index in [-0.39, 0.29) is 29.7 Å². The van der Waals surface area contributed by atoms with Crippen LogP contribution < -0.4 is 10.6 Å². The molecule has 11 heteroatoms. The number of fused-ring (bicyclic) bond motifs is 3. The van der Waals surface area contributed by atoms with E-state index in [0.29, 0.717) is 22.4 Å². The molecular formula is C34H40N4O7. The predicted molar refractivity (Wildman–Crippen MR) is 168 cm³/mol. The van der Waals surface area contributed by atoms with Crippen LogP contribution in [0.1, 0.15) is 40.7 Å². The van der Waals surface area contributed by atoms with Crippen LogP contribution in [-0.4, -0.2) is 101 Å². The number of likely N-dealkylation sites (tertiary alicyclic amines) is 1. The van der Waals surface area contributed by atoms with Gasteiger partial charge in [-0.05, 0) is 81.5 Å². The average molecular weight is 617 g/mol. The maximum atomic E-state index is 14.3. The molecule has 4 atom stereocenters. The molecule has 238 valence electrons. The van der Waals surface area contributed by atoms with Gasteiger partial charge < -0.3 is 31.1 Å². The van der Waals surface area contributed by atoms with Crippen LogP contribution in [0, 0.1) is 11.8 Å². The Labute approximate surface area is 261 Å². The lowest BCUT2D eigenvalue weighted by Crippen LogP contribution is -2.63. The van der Waals surface area contributed by atoms with Crippen molar-refractivity contribution in [2.24, 2.45) is 17.6 Å². The molecular weight excluding hydrogens is 576 g/mol. The van der Waals surface area contributed by atoms with Crippen molar-refractivity contribution in [1.29, 1.82) is 0 Å². The Kier molecular flexibility index (Phi) is 7.54. The third-order valence-corrected chi connectivity index (χ3v) is 10.1. The van der Waals surface area contributed by atoms with Crippen LogP contribution >= 0.6 is 0 Å². The normalized spacial score (nSPS) is 26.7. The SMILES string of the molecule is CN(C)c1cc(-c2ccc(CN3CCCC3)cc2)c(O)c2c1C[C@H]1C[C@@H]3[C@@H](N(C)C)C(O)=C(C(N)=O)C(=O)[C@@]3(O)C(O)=C1C2=O. The number of rotatable bonds is 6. The molecule has 0 saturated carbocycles. The van der Waals surface area contributed by atoms with Gasteiger partial charge in [0.2, 0.25) is 5.78 Å². The molecule has 1 heterocycles. The van der Waals surface area contributed by atoms with Crippen molar-refractivity contribution in [2.45, 2.75) is 43.9 Å². The van der Waals surface area contributed by atoms with E-state index in [0.717, 1.165) is 25.2 Å². The van der Waals surface area contributed by atoms with Crippen molar-refractivity contribution in [2.75, 3.05) is 46.2 Å². The first-order valence-corrected chi connectivity index (χ1v) is 15.3. The number of benzene rings is 2. The van der Waals surface area contributed by atoms with Gasteiger partial charge in [0.05, 0.1) is 11.6 Å². The number of hydrogen-bond donors (Lipinski definition) is 5. The second-order valence-electron chi connectivity index (χ2n) is 13.2. The van der Waals surface area contributed by atoms with E-state index in [9.17, 15) is 34.8 Å². The number of ketones is 2. The van der Waals surface area contributed by atoms with Crippen LogP contribution in [0.4, 0.5) is 5.69 Å². The molecule has 11 nitrogen and oxygen atoms in total. The number of nitrogens with two attached hydrogens (primary N) is 1. The number of nitrogens with zero attached hydrogens (tertiary/aromatic N) is 3. The second-order valence-corrected chi connectivity index (χ2v) is 13.2. The summed E-state index contributed by atoms with van der Waals surface area (Å²) < 4.78 is 0. The lowest BCUT2D eigenvalue weighted by Gasteiger charge is -2.50. The fourth-order valence-electron chi connectivity index (χ4n) is 7.91. The Balaban J connectivity index is 1.47. The largest absolute Gasteiger partial charge is 0.510 e. The lowest BCUT2D eigenvalue weighted by atomic mass is 9.58. The standard InChI is InChI=1S/C34H40N4O7/c1-36(2)23-15-20(18-9-7-17(8-10-18)16-38-11-5-6-12-38)28(39)25-21(23)13-19-14-22-27(37(3)4)30(41)26(33(35)44)32(43)34(22,45)31(42)24(19)29(25)40/h7-10,15,19,22,27,39,41-42,45H,5-6,11-14,16H2,1-4H3,(H2,35,44)/t19-,22+,27+,34-/m0/s1. The molecule has 45 heavy (non-hydrogen) atoms. The summed E-state index contributed by atoms with van der Waals surface area (Å²) in [4.78, 5) is 45.9. The first-order valence-electron chi connectivity index (χ1n) is 15.3. The smallest absolute Gasteiger partial charge is 0.255 e. The number of carbonyl (C=O) groups is 3. The Morgan fingerprint density at radius 1 is 1.04 bits per heavy atom. The quantitative estimate of drug-likeness (QED) is 0.304. The molecule has 2 aromatic rings. The Hall–Kier alpha value is -4.19. The zero-order valence-electron chi connectivity index (χ0n) is 26.0. The lowest BCUT2D eigenvalue weighted by molar-refractivity contribution is -0.148. The molecule has 0 unspecified atom stereocenters. The molecule has 1 amide bonds. The highest BCUT2D eigenvalue weighted by Crippen LogP contribution is 2.54. The first kappa shape index (κ1) is 30.8. The van der Waals surface area contributed by atoms with Gasteiger partial charge in [-0.3, -0.25) is 24.2 Å². The number of anilines is 1. The fourth-order valence-corrected chi connectivity index (χ4v) is 7.91. The van der Waals surface area contributed by atoms with Crippen molar-refractivity contribution in [3.8, 4) is 16.9 Å². The number of phenolic OH excluding ortho intramolecular Hbond substituents is 1. The number of primary amides is 1. The molecule has 1 aliphatic heterocycles. The van der Waals surface area contributed by atoms with Gasteiger partial charge in [-0.1, -0.05) is 24.3 Å². The van der Waals surface area contributed by atoms with E-state index in [1.54, 1.807) is 14.1 Å². The van der Waals surface area contributed by atoms with Gasteiger partial charge in [0.1, 0.15) is 22.8 Å². The zero-order chi connectivity index (χ0) is 32.5. The molecule has 4 aliphatic rings. The second kappa shape index (κ2) is 11.0. The number of carbonyl (C=O) groups excluding carboxylic acids is 3. The third-order valence-electron chi connectivity index (χ3n) is 10.1. The van der Waals surface area contributed by atoms with E-state index in [2.05, 4.69) is 4.90 Å². The third kappa shape index (κ3) is 4.63. The summed E-state index contributed by atoms with van der Waals surface area (Å²) in [6.07, 6.45) is 2.66. The molecule has 2 aromatic carbocycles. The van der Waals surface area contributed by atoms with Gasteiger partial charge >= 0.3 is 0 Å². The first-order chi connectivity index (χ1) is 21.3.